The number of rotatable bonds is 4. The number of hydrogen-bond donors (Lipinski definition) is 0. The quantitative estimate of drug-likeness (QED) is 0.653. The van der Waals surface area contributed by atoms with Crippen LogP contribution in [0.25, 0.3) is 0 Å². The molecule has 2 aromatic rings. The van der Waals surface area contributed by atoms with E-state index in [1.807, 2.05) is 13.0 Å². The summed E-state index contributed by atoms with van der Waals surface area (Å²) in [6.45, 7) is 1.99. The van der Waals surface area contributed by atoms with Gasteiger partial charge in [-0.15, -0.1) is 0 Å². The minimum absolute atomic E-state index is 0.0132. The zero-order valence-electron chi connectivity index (χ0n) is 15.0. The Morgan fingerprint density at radius 2 is 1.78 bits per heavy atom. The van der Waals surface area contributed by atoms with E-state index in [2.05, 4.69) is 0 Å². The number of fused-ring (bicyclic) bond motifs is 2. The SMILES string of the molecule is CCc1ccc(Oc2ccc(Cl)cc2F)cc1C1C(=O)[C@@H]2CC[C@@H](C2)C1=O. The average molecular weight is 387 g/mol. The molecule has 3 nitrogen and oxygen atoms in total. The van der Waals surface area contributed by atoms with Crippen LogP contribution >= 0.6 is 11.6 Å². The zero-order chi connectivity index (χ0) is 19.1. The van der Waals surface area contributed by atoms with Gasteiger partial charge in [0, 0.05) is 16.9 Å². The Labute approximate surface area is 162 Å². The average Bonchev–Trinajstić information content (AvgIpc) is 3.10. The van der Waals surface area contributed by atoms with Crippen LogP contribution in [0.2, 0.25) is 5.02 Å². The molecule has 5 heteroatoms. The summed E-state index contributed by atoms with van der Waals surface area (Å²) in [4.78, 5) is 25.8. The summed E-state index contributed by atoms with van der Waals surface area (Å²) in [6.07, 6.45) is 3.01. The molecule has 2 saturated carbocycles. The molecule has 2 aromatic carbocycles. The normalized spacial score (nSPS) is 24.3. The standard InChI is InChI=1S/C22H20ClFO3/c1-2-12-5-7-16(27-19-8-6-15(23)10-18(19)24)11-17(12)20-21(25)13-3-4-14(9-13)22(20)26/h5-8,10-11,13-14,20H,2-4,9H2,1H3/t13-,14+,20?. The lowest BCUT2D eigenvalue weighted by atomic mass is 9.74. The summed E-state index contributed by atoms with van der Waals surface area (Å²) in [5.74, 6) is -0.799. The smallest absolute Gasteiger partial charge is 0.167 e. The van der Waals surface area contributed by atoms with Crippen molar-refractivity contribution in [3.8, 4) is 11.5 Å². The Bertz CT molecular complexity index is 902. The molecule has 27 heavy (non-hydrogen) atoms. The second-order valence-electron chi connectivity index (χ2n) is 7.34. The fraction of sp³-hybridized carbons (Fsp3) is 0.364. The molecule has 0 spiro atoms. The van der Waals surface area contributed by atoms with Crippen molar-refractivity contribution in [2.24, 2.45) is 11.8 Å². The van der Waals surface area contributed by atoms with Crippen LogP contribution in [0.15, 0.2) is 36.4 Å². The van der Waals surface area contributed by atoms with Crippen LogP contribution in [0.4, 0.5) is 4.39 Å². The van der Waals surface area contributed by atoms with Gasteiger partial charge in [0.15, 0.2) is 23.1 Å². The van der Waals surface area contributed by atoms with Crippen molar-refractivity contribution >= 4 is 23.2 Å². The fourth-order valence-electron chi connectivity index (χ4n) is 4.33. The van der Waals surface area contributed by atoms with Crippen molar-refractivity contribution in [2.75, 3.05) is 0 Å². The topological polar surface area (TPSA) is 43.4 Å². The Morgan fingerprint density at radius 3 is 2.41 bits per heavy atom. The third-order valence-electron chi connectivity index (χ3n) is 5.74. The molecule has 4 rings (SSSR count). The number of ketones is 2. The van der Waals surface area contributed by atoms with Crippen molar-refractivity contribution in [1.82, 2.24) is 0 Å². The Balaban J connectivity index is 1.71. The highest BCUT2D eigenvalue weighted by Gasteiger charge is 2.47. The third-order valence-corrected chi connectivity index (χ3v) is 5.97. The monoisotopic (exact) mass is 386 g/mol. The highest BCUT2D eigenvalue weighted by molar-refractivity contribution is 6.30. The predicted octanol–water partition coefficient (Wildman–Crippen LogP) is 5.49. The molecule has 140 valence electrons. The predicted molar refractivity (Wildman–Crippen MR) is 101 cm³/mol. The number of ether oxygens (including phenoxy) is 1. The second-order valence-corrected chi connectivity index (χ2v) is 7.77. The number of carbonyl (C=O) groups is 2. The first-order chi connectivity index (χ1) is 13.0. The molecule has 0 N–H and O–H groups in total. The van der Waals surface area contributed by atoms with E-state index in [0.29, 0.717) is 24.2 Å². The van der Waals surface area contributed by atoms with Gasteiger partial charge in [-0.2, -0.15) is 0 Å². The molecule has 2 aliphatic carbocycles. The van der Waals surface area contributed by atoms with Gasteiger partial charge in [0.2, 0.25) is 0 Å². The van der Waals surface area contributed by atoms with Crippen LogP contribution in [0.5, 0.6) is 11.5 Å². The second kappa shape index (κ2) is 7.08. The highest BCUT2D eigenvalue weighted by Crippen LogP contribution is 2.45. The van der Waals surface area contributed by atoms with Crippen LogP contribution < -0.4 is 4.74 Å². The van der Waals surface area contributed by atoms with Crippen LogP contribution in [0.3, 0.4) is 0 Å². The molecule has 2 fully saturated rings. The van der Waals surface area contributed by atoms with Crippen molar-refractivity contribution in [2.45, 2.75) is 38.5 Å². The van der Waals surface area contributed by atoms with Crippen molar-refractivity contribution in [1.29, 1.82) is 0 Å². The van der Waals surface area contributed by atoms with Crippen LogP contribution in [-0.4, -0.2) is 11.6 Å². The summed E-state index contributed by atoms with van der Waals surface area (Å²) in [6, 6.07) is 9.51. The molecular formula is C22H20ClFO3. The Kier molecular flexibility index (Phi) is 4.77. The van der Waals surface area contributed by atoms with E-state index in [1.165, 1.54) is 12.1 Å². The van der Waals surface area contributed by atoms with Gasteiger partial charge in [-0.25, -0.2) is 4.39 Å². The van der Waals surface area contributed by atoms with E-state index in [4.69, 9.17) is 16.3 Å². The fourth-order valence-corrected chi connectivity index (χ4v) is 4.49. The number of benzene rings is 2. The first-order valence-corrected chi connectivity index (χ1v) is 9.69. The maximum Gasteiger partial charge on any atom is 0.167 e. The molecule has 0 heterocycles. The first kappa shape index (κ1) is 18.2. The van der Waals surface area contributed by atoms with E-state index >= 15 is 0 Å². The summed E-state index contributed by atoms with van der Waals surface area (Å²) >= 11 is 5.78. The summed E-state index contributed by atoms with van der Waals surface area (Å²) in [5, 5.41) is 0.288. The van der Waals surface area contributed by atoms with Gasteiger partial charge in [-0.05, 0) is 67.1 Å². The molecule has 0 aliphatic heterocycles. The van der Waals surface area contributed by atoms with E-state index in [9.17, 15) is 14.0 Å². The number of Topliss-reactive ketones (excluding diaryl/α,β-unsaturated/α-hetero) is 2. The van der Waals surface area contributed by atoms with Crippen LogP contribution in [0.1, 0.15) is 43.2 Å². The Morgan fingerprint density at radius 1 is 1.07 bits per heavy atom. The minimum atomic E-state index is -0.718. The first-order valence-electron chi connectivity index (χ1n) is 9.31. The van der Waals surface area contributed by atoms with Gasteiger partial charge >= 0.3 is 0 Å². The van der Waals surface area contributed by atoms with Gasteiger partial charge in [0.1, 0.15) is 11.7 Å². The summed E-state index contributed by atoms with van der Waals surface area (Å²) < 4.78 is 19.7. The lowest BCUT2D eigenvalue weighted by molar-refractivity contribution is -0.135. The number of hydrogen-bond acceptors (Lipinski definition) is 3. The summed E-state index contributed by atoms with van der Waals surface area (Å²) in [7, 11) is 0. The van der Waals surface area contributed by atoms with E-state index in [1.54, 1.807) is 18.2 Å². The lowest BCUT2D eigenvalue weighted by Gasteiger charge is -2.27. The molecule has 0 aromatic heterocycles. The van der Waals surface area contributed by atoms with Crippen molar-refractivity contribution < 1.29 is 18.7 Å². The van der Waals surface area contributed by atoms with Gasteiger partial charge in [-0.1, -0.05) is 24.6 Å². The third kappa shape index (κ3) is 3.27. The number of carbonyl (C=O) groups excluding carboxylic acids is 2. The maximum atomic E-state index is 14.1. The zero-order valence-corrected chi connectivity index (χ0v) is 15.8. The molecule has 0 radical (unpaired) electrons. The van der Waals surface area contributed by atoms with E-state index in [0.717, 1.165) is 18.4 Å². The molecule has 0 saturated heterocycles. The maximum absolute atomic E-state index is 14.1. The van der Waals surface area contributed by atoms with E-state index < -0.39 is 11.7 Å². The number of aryl methyl sites for hydroxylation is 1. The van der Waals surface area contributed by atoms with Gasteiger partial charge < -0.3 is 4.74 Å². The molecule has 0 amide bonds. The molecule has 2 bridgehead atoms. The summed E-state index contributed by atoms with van der Waals surface area (Å²) in [5.41, 5.74) is 1.66. The van der Waals surface area contributed by atoms with Crippen LogP contribution in [-0.2, 0) is 16.0 Å². The highest BCUT2D eigenvalue weighted by atomic mass is 35.5. The van der Waals surface area contributed by atoms with Gasteiger partial charge in [0.05, 0.1) is 0 Å². The molecule has 1 unspecified atom stereocenters. The van der Waals surface area contributed by atoms with Crippen LogP contribution in [0, 0.1) is 17.7 Å². The molecular weight excluding hydrogens is 367 g/mol. The lowest BCUT2D eigenvalue weighted by Crippen LogP contribution is -2.35. The number of halogens is 2. The minimum Gasteiger partial charge on any atom is -0.454 e. The molecule has 3 atom stereocenters. The van der Waals surface area contributed by atoms with Gasteiger partial charge in [-0.3, -0.25) is 9.59 Å². The molecule has 2 aliphatic rings. The van der Waals surface area contributed by atoms with Crippen molar-refractivity contribution in [3.05, 3.63) is 58.4 Å². The largest absolute Gasteiger partial charge is 0.454 e. The Hall–Kier alpha value is -2.20. The van der Waals surface area contributed by atoms with Gasteiger partial charge in [0.25, 0.3) is 0 Å². The van der Waals surface area contributed by atoms with Crippen molar-refractivity contribution in [3.63, 3.8) is 0 Å². The van der Waals surface area contributed by atoms with E-state index in [-0.39, 0.29) is 34.2 Å².